The second-order valence-electron chi connectivity index (χ2n) is 4.37. The summed E-state index contributed by atoms with van der Waals surface area (Å²) < 4.78 is 0. The molecule has 0 aliphatic carbocycles. The van der Waals surface area contributed by atoms with Crippen molar-refractivity contribution in [2.45, 2.75) is 17.8 Å². The Kier molecular flexibility index (Phi) is 2.63. The summed E-state index contributed by atoms with van der Waals surface area (Å²) in [6.07, 6.45) is 2.41. The summed E-state index contributed by atoms with van der Waals surface area (Å²) in [5.74, 6) is 0.221. The number of amides is 1. The molecule has 17 heavy (non-hydrogen) atoms. The van der Waals surface area contributed by atoms with Crippen molar-refractivity contribution in [3.63, 3.8) is 0 Å². The van der Waals surface area contributed by atoms with Crippen LogP contribution in [0.3, 0.4) is 0 Å². The van der Waals surface area contributed by atoms with Crippen molar-refractivity contribution < 1.29 is 4.79 Å². The van der Waals surface area contributed by atoms with Gasteiger partial charge >= 0.3 is 0 Å². The van der Waals surface area contributed by atoms with E-state index in [-0.39, 0.29) is 5.91 Å². The smallest absolute Gasteiger partial charge is 0.224 e. The van der Waals surface area contributed by atoms with Crippen molar-refractivity contribution in [2.24, 2.45) is 0 Å². The maximum atomic E-state index is 11.7. The minimum Gasteiger partial charge on any atom is -0.337 e. The molecule has 0 bridgehead atoms. The number of carbonyl (C=O) groups is 1. The fourth-order valence-electron chi connectivity index (χ4n) is 2.19. The first kappa shape index (κ1) is 10.8. The van der Waals surface area contributed by atoms with E-state index in [2.05, 4.69) is 32.2 Å². The number of H-pyrrole nitrogens is 1. The summed E-state index contributed by atoms with van der Waals surface area (Å²) in [7, 11) is 0. The largest absolute Gasteiger partial charge is 0.337 e. The minimum atomic E-state index is 0.221. The van der Waals surface area contributed by atoms with Gasteiger partial charge < -0.3 is 4.90 Å². The van der Waals surface area contributed by atoms with E-state index in [0.29, 0.717) is 17.8 Å². The highest BCUT2D eigenvalue weighted by Crippen LogP contribution is 2.21. The van der Waals surface area contributed by atoms with Crippen LogP contribution < -0.4 is 0 Å². The molecular weight excluding hydrogens is 282 g/mol. The number of aromatic nitrogens is 2. The molecule has 3 rings (SSSR count). The molecule has 0 radical (unpaired) electrons. The Balaban J connectivity index is 1.82. The van der Waals surface area contributed by atoms with Gasteiger partial charge in [-0.05, 0) is 17.7 Å². The lowest BCUT2D eigenvalue weighted by Crippen LogP contribution is -2.24. The first-order valence-electron chi connectivity index (χ1n) is 5.56. The van der Waals surface area contributed by atoms with Crippen LogP contribution in [0.1, 0.15) is 12.0 Å². The molecule has 1 unspecified atom stereocenters. The Morgan fingerprint density at radius 2 is 2.41 bits per heavy atom. The number of carbonyl (C=O) groups excluding carboxylic acids is 1. The third kappa shape index (κ3) is 2.07. The maximum absolute atomic E-state index is 11.7. The second kappa shape index (κ2) is 4.14. The van der Waals surface area contributed by atoms with Crippen LogP contribution in [0.2, 0.25) is 0 Å². The minimum absolute atomic E-state index is 0.221. The molecule has 0 spiro atoms. The van der Waals surface area contributed by atoms with Gasteiger partial charge in [-0.1, -0.05) is 22.0 Å². The molecule has 1 aliphatic rings. The first-order chi connectivity index (χ1) is 8.22. The molecule has 1 aliphatic heterocycles. The van der Waals surface area contributed by atoms with Gasteiger partial charge in [-0.15, -0.1) is 0 Å². The topological polar surface area (TPSA) is 49.0 Å². The SMILES string of the molecule is O=C1CC(Br)CN1Cc1ccc2[nH]ncc2c1. The van der Waals surface area contributed by atoms with Gasteiger partial charge in [0.25, 0.3) is 0 Å². The molecule has 2 heterocycles. The average Bonchev–Trinajstić information content (AvgIpc) is 2.85. The highest BCUT2D eigenvalue weighted by molar-refractivity contribution is 9.09. The lowest BCUT2D eigenvalue weighted by atomic mass is 10.1. The number of hydrogen-bond donors (Lipinski definition) is 1. The summed E-state index contributed by atoms with van der Waals surface area (Å²) in [5.41, 5.74) is 2.17. The van der Waals surface area contributed by atoms with Gasteiger partial charge in [0, 0.05) is 29.7 Å². The van der Waals surface area contributed by atoms with E-state index in [1.54, 1.807) is 6.20 Å². The van der Waals surface area contributed by atoms with Crippen LogP contribution in [0, 0.1) is 0 Å². The maximum Gasteiger partial charge on any atom is 0.224 e. The molecule has 1 amide bonds. The highest BCUT2D eigenvalue weighted by Gasteiger charge is 2.27. The van der Waals surface area contributed by atoms with Gasteiger partial charge in [0.05, 0.1) is 11.7 Å². The van der Waals surface area contributed by atoms with Crippen LogP contribution >= 0.6 is 15.9 Å². The van der Waals surface area contributed by atoms with Crippen molar-refractivity contribution in [3.05, 3.63) is 30.0 Å². The Hall–Kier alpha value is -1.36. The summed E-state index contributed by atoms with van der Waals surface area (Å²) in [4.78, 5) is 13.9. The fourth-order valence-corrected chi connectivity index (χ4v) is 2.81. The van der Waals surface area contributed by atoms with Gasteiger partial charge in [-0.2, -0.15) is 5.10 Å². The van der Waals surface area contributed by atoms with Crippen LogP contribution in [0.25, 0.3) is 10.9 Å². The molecule has 2 aromatic rings. The van der Waals surface area contributed by atoms with Crippen LogP contribution in [0.5, 0.6) is 0 Å². The zero-order valence-corrected chi connectivity index (χ0v) is 10.8. The van der Waals surface area contributed by atoms with Gasteiger partial charge in [0.15, 0.2) is 0 Å². The Morgan fingerprint density at radius 3 is 3.18 bits per heavy atom. The first-order valence-corrected chi connectivity index (χ1v) is 6.48. The van der Waals surface area contributed by atoms with E-state index in [1.165, 1.54) is 0 Å². The van der Waals surface area contributed by atoms with E-state index < -0.39 is 0 Å². The number of nitrogens with zero attached hydrogens (tertiary/aromatic N) is 2. The number of halogens is 1. The van der Waals surface area contributed by atoms with E-state index in [1.807, 2.05) is 17.0 Å². The molecule has 5 heteroatoms. The van der Waals surface area contributed by atoms with Crippen LogP contribution in [0.15, 0.2) is 24.4 Å². The molecule has 4 nitrogen and oxygen atoms in total. The number of hydrogen-bond acceptors (Lipinski definition) is 2. The molecule has 1 aromatic carbocycles. The van der Waals surface area contributed by atoms with Crippen molar-refractivity contribution >= 4 is 32.7 Å². The molecule has 0 saturated carbocycles. The van der Waals surface area contributed by atoms with Crippen LogP contribution in [-0.2, 0) is 11.3 Å². The van der Waals surface area contributed by atoms with Crippen LogP contribution in [-0.4, -0.2) is 32.4 Å². The Labute approximate surface area is 107 Å². The van der Waals surface area contributed by atoms with Crippen molar-refractivity contribution in [1.29, 1.82) is 0 Å². The summed E-state index contributed by atoms with van der Waals surface area (Å²) in [6, 6.07) is 6.12. The highest BCUT2D eigenvalue weighted by atomic mass is 79.9. The Morgan fingerprint density at radius 1 is 1.53 bits per heavy atom. The number of rotatable bonds is 2. The predicted molar refractivity (Wildman–Crippen MR) is 68.8 cm³/mol. The van der Waals surface area contributed by atoms with Crippen molar-refractivity contribution in [3.8, 4) is 0 Å². The molecule has 1 atom stereocenters. The predicted octanol–water partition coefficient (Wildman–Crippen LogP) is 2.06. The van der Waals surface area contributed by atoms with Crippen molar-refractivity contribution in [2.75, 3.05) is 6.54 Å². The van der Waals surface area contributed by atoms with E-state index in [4.69, 9.17) is 0 Å². The molecule has 88 valence electrons. The molecule has 1 N–H and O–H groups in total. The third-order valence-electron chi connectivity index (χ3n) is 3.05. The number of nitrogens with one attached hydrogen (secondary N) is 1. The zero-order valence-electron chi connectivity index (χ0n) is 9.19. The van der Waals surface area contributed by atoms with E-state index >= 15 is 0 Å². The summed E-state index contributed by atoms with van der Waals surface area (Å²) in [5, 5.41) is 7.99. The molecule has 1 aromatic heterocycles. The summed E-state index contributed by atoms with van der Waals surface area (Å²) >= 11 is 3.49. The number of benzene rings is 1. The number of likely N-dealkylation sites (tertiary alicyclic amines) is 1. The third-order valence-corrected chi connectivity index (χ3v) is 3.66. The number of alkyl halides is 1. The number of fused-ring (bicyclic) bond motifs is 1. The quantitative estimate of drug-likeness (QED) is 0.862. The standard InChI is InChI=1S/C12H12BrN3O/c13-10-4-12(17)16(7-10)6-8-1-2-11-9(3-8)5-14-15-11/h1-3,5,10H,4,6-7H2,(H,14,15). The molecular formula is C12H12BrN3O. The lowest BCUT2D eigenvalue weighted by molar-refractivity contribution is -0.128. The van der Waals surface area contributed by atoms with Gasteiger partial charge in [0.2, 0.25) is 5.91 Å². The summed E-state index contributed by atoms with van der Waals surface area (Å²) in [6.45, 7) is 1.48. The second-order valence-corrected chi connectivity index (χ2v) is 5.66. The monoisotopic (exact) mass is 293 g/mol. The average molecular weight is 294 g/mol. The lowest BCUT2D eigenvalue weighted by Gasteiger charge is -2.15. The number of aromatic amines is 1. The van der Waals surface area contributed by atoms with E-state index in [9.17, 15) is 4.79 Å². The van der Waals surface area contributed by atoms with Gasteiger partial charge in [0.1, 0.15) is 0 Å². The van der Waals surface area contributed by atoms with Crippen molar-refractivity contribution in [1.82, 2.24) is 15.1 Å². The zero-order chi connectivity index (χ0) is 11.8. The normalized spacial score (nSPS) is 20.4. The molecule has 1 saturated heterocycles. The van der Waals surface area contributed by atoms with Gasteiger partial charge in [-0.25, -0.2) is 0 Å². The van der Waals surface area contributed by atoms with E-state index in [0.717, 1.165) is 23.0 Å². The molecule has 1 fully saturated rings. The fraction of sp³-hybridized carbons (Fsp3) is 0.333. The van der Waals surface area contributed by atoms with Crippen LogP contribution in [0.4, 0.5) is 0 Å². The Bertz CT molecular complexity index is 566. The van der Waals surface area contributed by atoms with Gasteiger partial charge in [-0.3, -0.25) is 9.89 Å².